The van der Waals surface area contributed by atoms with Crippen LogP contribution in [-0.2, 0) is 23.4 Å². The van der Waals surface area contributed by atoms with Crippen LogP contribution in [0.1, 0.15) is 68.7 Å². The average Bonchev–Trinajstić information content (AvgIpc) is 2.95. The molecule has 0 bridgehead atoms. The number of methoxy groups -OCH3 is 1. The molecule has 1 saturated heterocycles. The molecule has 0 radical (unpaired) electrons. The standard InChI is InChI=1S/C22H42O5Si/c1-15(2)28(16(3)4,17(5)6)27-19(12-11-13-21(23)24-10)18(7)20-14-25-22(8,9)26-20/h11,13,15-20H,12,14H2,1-10H3/b13-11-/t18-,19+,20-/m1/s1. The highest BCUT2D eigenvalue weighted by Crippen LogP contribution is 2.44. The van der Waals surface area contributed by atoms with E-state index in [9.17, 15) is 4.79 Å². The lowest BCUT2D eigenvalue weighted by Crippen LogP contribution is -2.52. The summed E-state index contributed by atoms with van der Waals surface area (Å²) in [5.41, 5.74) is 1.47. The summed E-state index contributed by atoms with van der Waals surface area (Å²) in [6.07, 6.45) is 3.94. The fourth-order valence-electron chi connectivity index (χ4n) is 4.62. The van der Waals surface area contributed by atoms with Crippen LogP contribution < -0.4 is 0 Å². The van der Waals surface area contributed by atoms with Crippen LogP contribution in [0.3, 0.4) is 0 Å². The Balaban J connectivity index is 3.14. The van der Waals surface area contributed by atoms with Crippen LogP contribution in [-0.4, -0.2) is 46.0 Å². The van der Waals surface area contributed by atoms with Gasteiger partial charge in [-0.1, -0.05) is 54.5 Å². The number of hydrogen-bond donors (Lipinski definition) is 0. The Morgan fingerprint density at radius 2 is 1.64 bits per heavy atom. The zero-order valence-electron chi connectivity index (χ0n) is 19.6. The molecule has 0 unspecified atom stereocenters. The molecule has 164 valence electrons. The van der Waals surface area contributed by atoms with Crippen molar-refractivity contribution in [3.63, 3.8) is 0 Å². The molecular weight excluding hydrogens is 372 g/mol. The number of ether oxygens (including phenoxy) is 3. The Bertz CT molecular complexity index is 505. The molecule has 0 aromatic heterocycles. The molecule has 6 heteroatoms. The molecule has 1 fully saturated rings. The first-order valence-electron chi connectivity index (χ1n) is 10.6. The van der Waals surface area contributed by atoms with Crippen molar-refractivity contribution in [2.75, 3.05) is 13.7 Å². The summed E-state index contributed by atoms with van der Waals surface area (Å²) in [6.45, 7) is 20.4. The summed E-state index contributed by atoms with van der Waals surface area (Å²) >= 11 is 0. The van der Waals surface area contributed by atoms with Gasteiger partial charge >= 0.3 is 5.97 Å². The van der Waals surface area contributed by atoms with E-state index in [4.69, 9.17) is 18.6 Å². The van der Waals surface area contributed by atoms with Gasteiger partial charge in [-0.3, -0.25) is 0 Å². The predicted molar refractivity (Wildman–Crippen MR) is 116 cm³/mol. The molecule has 1 heterocycles. The maximum atomic E-state index is 11.5. The second-order valence-electron chi connectivity index (χ2n) is 9.36. The minimum Gasteiger partial charge on any atom is -0.466 e. The quantitative estimate of drug-likeness (QED) is 0.270. The number of esters is 1. The molecule has 0 amide bonds. The van der Waals surface area contributed by atoms with E-state index in [-0.39, 0.29) is 24.1 Å². The highest BCUT2D eigenvalue weighted by Gasteiger charge is 2.48. The van der Waals surface area contributed by atoms with E-state index in [1.54, 1.807) is 0 Å². The molecule has 3 atom stereocenters. The lowest BCUT2D eigenvalue weighted by Gasteiger charge is -2.46. The molecule has 28 heavy (non-hydrogen) atoms. The first-order valence-corrected chi connectivity index (χ1v) is 12.8. The zero-order chi connectivity index (χ0) is 21.7. The molecule has 1 aliphatic heterocycles. The van der Waals surface area contributed by atoms with Gasteiger partial charge in [0, 0.05) is 12.0 Å². The van der Waals surface area contributed by atoms with Crippen LogP contribution in [0.5, 0.6) is 0 Å². The summed E-state index contributed by atoms with van der Waals surface area (Å²) in [7, 11) is -0.680. The second-order valence-corrected chi connectivity index (χ2v) is 14.8. The maximum Gasteiger partial charge on any atom is 0.330 e. The van der Waals surface area contributed by atoms with E-state index >= 15 is 0 Å². The third-order valence-corrected chi connectivity index (χ3v) is 12.2. The van der Waals surface area contributed by atoms with Gasteiger partial charge in [0.2, 0.25) is 8.32 Å². The van der Waals surface area contributed by atoms with E-state index < -0.39 is 14.1 Å². The van der Waals surface area contributed by atoms with Crippen LogP contribution in [0, 0.1) is 5.92 Å². The maximum absolute atomic E-state index is 11.5. The Labute approximate surface area is 173 Å². The summed E-state index contributed by atoms with van der Waals surface area (Å²) in [5, 5.41) is 0. The number of hydrogen-bond acceptors (Lipinski definition) is 5. The first kappa shape index (κ1) is 25.3. The second kappa shape index (κ2) is 10.4. The average molecular weight is 415 g/mol. The predicted octanol–water partition coefficient (Wildman–Crippen LogP) is 5.45. The summed E-state index contributed by atoms with van der Waals surface area (Å²) in [4.78, 5) is 11.5. The molecule has 1 aliphatic rings. The van der Waals surface area contributed by atoms with E-state index in [0.29, 0.717) is 29.7 Å². The molecule has 0 aliphatic carbocycles. The molecule has 0 N–H and O–H groups in total. The van der Waals surface area contributed by atoms with Gasteiger partial charge in [0.05, 0.1) is 25.9 Å². The number of rotatable bonds is 10. The van der Waals surface area contributed by atoms with E-state index in [0.717, 1.165) is 0 Å². The van der Waals surface area contributed by atoms with Gasteiger partial charge in [-0.2, -0.15) is 0 Å². The fraction of sp³-hybridized carbons (Fsp3) is 0.864. The van der Waals surface area contributed by atoms with E-state index in [1.807, 2.05) is 19.9 Å². The van der Waals surface area contributed by atoms with Crippen LogP contribution in [0.4, 0.5) is 0 Å². The Hall–Kier alpha value is -0.693. The normalized spacial score (nSPS) is 22.4. The highest BCUT2D eigenvalue weighted by molar-refractivity contribution is 6.77. The van der Waals surface area contributed by atoms with Crippen LogP contribution in [0.25, 0.3) is 0 Å². The Kier molecular flexibility index (Phi) is 9.39. The Morgan fingerprint density at radius 3 is 2.04 bits per heavy atom. The summed E-state index contributed by atoms with van der Waals surface area (Å²) in [5.74, 6) is -0.756. The third-order valence-electron chi connectivity index (χ3n) is 6.09. The minimum absolute atomic E-state index is 0.0234. The van der Waals surface area contributed by atoms with Crippen molar-refractivity contribution in [1.82, 2.24) is 0 Å². The molecule has 5 nitrogen and oxygen atoms in total. The Morgan fingerprint density at radius 1 is 1.11 bits per heavy atom. The van der Waals surface area contributed by atoms with Gasteiger partial charge in [-0.05, 0) is 36.9 Å². The monoisotopic (exact) mass is 414 g/mol. The van der Waals surface area contributed by atoms with Crippen molar-refractivity contribution >= 4 is 14.3 Å². The number of carbonyl (C=O) groups excluding carboxylic acids is 1. The van der Waals surface area contributed by atoms with Crippen molar-refractivity contribution in [1.29, 1.82) is 0 Å². The molecule has 0 spiro atoms. The van der Waals surface area contributed by atoms with Gasteiger partial charge in [-0.25, -0.2) is 4.79 Å². The first-order chi connectivity index (χ1) is 12.9. The number of carbonyl (C=O) groups is 1. The zero-order valence-corrected chi connectivity index (χ0v) is 20.6. The fourth-order valence-corrected chi connectivity index (χ4v) is 10.3. The van der Waals surface area contributed by atoms with Crippen LogP contribution >= 0.6 is 0 Å². The van der Waals surface area contributed by atoms with E-state index in [2.05, 4.69) is 48.5 Å². The summed E-state index contributed by atoms with van der Waals surface area (Å²) in [6, 6.07) is 0. The van der Waals surface area contributed by atoms with Crippen LogP contribution in [0.15, 0.2) is 12.2 Å². The SMILES string of the molecule is COC(=O)/C=C\C[C@H](O[Si](C(C)C)(C(C)C)C(C)C)[C@@H](C)[C@H]1COC(C)(C)O1. The van der Waals surface area contributed by atoms with E-state index in [1.165, 1.54) is 13.2 Å². The van der Waals surface area contributed by atoms with Crippen molar-refractivity contribution in [2.24, 2.45) is 5.92 Å². The minimum atomic E-state index is -2.07. The molecular formula is C22H42O5Si. The highest BCUT2D eigenvalue weighted by atomic mass is 28.4. The molecule has 0 aromatic rings. The van der Waals surface area contributed by atoms with Crippen molar-refractivity contribution in [2.45, 2.75) is 103 Å². The van der Waals surface area contributed by atoms with Crippen LogP contribution in [0.2, 0.25) is 16.6 Å². The lowest BCUT2D eigenvalue weighted by atomic mass is 9.96. The van der Waals surface area contributed by atoms with Gasteiger partial charge in [0.15, 0.2) is 5.79 Å². The van der Waals surface area contributed by atoms with Gasteiger partial charge in [-0.15, -0.1) is 0 Å². The molecule has 1 rings (SSSR count). The van der Waals surface area contributed by atoms with Gasteiger partial charge < -0.3 is 18.6 Å². The largest absolute Gasteiger partial charge is 0.466 e. The lowest BCUT2D eigenvalue weighted by molar-refractivity contribution is -0.148. The van der Waals surface area contributed by atoms with Crippen molar-refractivity contribution < 1.29 is 23.4 Å². The topological polar surface area (TPSA) is 54.0 Å². The van der Waals surface area contributed by atoms with Gasteiger partial charge in [0.25, 0.3) is 0 Å². The molecule has 0 aromatic carbocycles. The third kappa shape index (κ3) is 6.15. The summed E-state index contributed by atoms with van der Waals surface area (Å²) < 4.78 is 23.7. The smallest absolute Gasteiger partial charge is 0.330 e. The molecule has 0 saturated carbocycles. The van der Waals surface area contributed by atoms with Crippen molar-refractivity contribution in [3.8, 4) is 0 Å². The van der Waals surface area contributed by atoms with Crippen molar-refractivity contribution in [3.05, 3.63) is 12.2 Å². The van der Waals surface area contributed by atoms with Gasteiger partial charge in [0.1, 0.15) is 0 Å².